The van der Waals surface area contributed by atoms with Crippen LogP contribution in [0.15, 0.2) is 0 Å². The number of amides is 13. The van der Waals surface area contributed by atoms with Crippen LogP contribution in [-0.2, 0) is 76.6 Å². The highest BCUT2D eigenvalue weighted by atomic mass is 16.5. The van der Waals surface area contributed by atoms with Gasteiger partial charge in [0.1, 0.15) is 73.1 Å². The van der Waals surface area contributed by atoms with Crippen LogP contribution in [0.1, 0.15) is 182 Å². The number of hydrogen-bond donors (Lipinski definition) is 9. The predicted molar refractivity (Wildman–Crippen MR) is 370 cm³/mol. The van der Waals surface area contributed by atoms with Crippen molar-refractivity contribution in [3.8, 4) is 0 Å². The second-order valence-corrected chi connectivity index (χ2v) is 28.4. The molecule has 1 rings (SSSR count). The van der Waals surface area contributed by atoms with E-state index in [0.29, 0.717) is 19.3 Å². The third-order valence-corrected chi connectivity index (χ3v) is 17.9. The van der Waals surface area contributed by atoms with Crippen LogP contribution in [0.4, 0.5) is 0 Å². The Balaban J connectivity index is 4.14. The fraction of sp³-hybridized carbons (Fsp3) is 0.797. The van der Waals surface area contributed by atoms with Crippen molar-refractivity contribution in [1.82, 2.24) is 67.5 Å². The first-order chi connectivity index (χ1) is 45.6. The molecule has 14 atom stereocenters. The van der Waals surface area contributed by atoms with Crippen LogP contribution in [0, 0.1) is 47.3 Å². The van der Waals surface area contributed by atoms with Gasteiger partial charge in [0.15, 0.2) is 0 Å². The summed E-state index contributed by atoms with van der Waals surface area (Å²) in [4.78, 5) is 203. The van der Waals surface area contributed by atoms with Crippen LogP contribution in [0.2, 0.25) is 0 Å². The number of nitrogens with zero attached hydrogens (tertiary/aromatic N) is 4. The molecule has 0 aromatic carbocycles. The van der Waals surface area contributed by atoms with Gasteiger partial charge in [-0.1, -0.05) is 130 Å². The fourth-order valence-corrected chi connectivity index (χ4v) is 11.6. The molecule has 29 nitrogen and oxygen atoms in total. The number of carbonyl (C=O) groups is 14. The van der Waals surface area contributed by atoms with Gasteiger partial charge in [-0.25, -0.2) is 4.79 Å². The van der Waals surface area contributed by atoms with Gasteiger partial charge in [0.25, 0.3) is 0 Å². The van der Waals surface area contributed by atoms with Gasteiger partial charge in [-0.15, -0.1) is 0 Å². The summed E-state index contributed by atoms with van der Waals surface area (Å²) in [7, 11) is 6.96. The topological polar surface area (TPSA) is 379 Å². The Morgan fingerprint density at radius 2 is 1.00 bits per heavy atom. The molecule has 1 aliphatic rings. The van der Waals surface area contributed by atoms with Crippen molar-refractivity contribution in [3.63, 3.8) is 0 Å². The zero-order chi connectivity index (χ0) is 75.3. The molecule has 13 amide bonds. The molecule has 29 heteroatoms. The Bertz CT molecular complexity index is 2690. The quantitative estimate of drug-likeness (QED) is 0.0742. The number of likely N-dealkylation sites (N-methyl/N-ethyl adjacent to an activating group) is 4. The van der Waals surface area contributed by atoms with E-state index in [2.05, 4.69) is 47.9 Å². The summed E-state index contributed by atoms with van der Waals surface area (Å²) in [6, 6.07) is -12.3. The summed E-state index contributed by atoms with van der Waals surface area (Å²) in [5, 5.41) is 24.4. The van der Waals surface area contributed by atoms with Gasteiger partial charge in [-0.05, 0) is 80.5 Å². The zero-order valence-corrected chi connectivity index (χ0v) is 63.0. The minimum absolute atomic E-state index is 0.0607. The second-order valence-electron chi connectivity index (χ2n) is 28.4. The number of esters is 1. The van der Waals surface area contributed by atoms with E-state index in [1.54, 1.807) is 55.4 Å². The number of cyclic esters (lactones) is 1. The molecule has 1 aliphatic heterocycles. The van der Waals surface area contributed by atoms with Crippen LogP contribution in [0.3, 0.4) is 0 Å². The molecule has 0 aromatic rings. The molecule has 98 heavy (non-hydrogen) atoms. The maximum absolute atomic E-state index is 14.8. The normalized spacial score (nSPS) is 24.8. The van der Waals surface area contributed by atoms with Crippen LogP contribution in [-0.4, -0.2) is 230 Å². The summed E-state index contributed by atoms with van der Waals surface area (Å²) in [6.45, 7) is 30.2. The lowest BCUT2D eigenvalue weighted by molar-refractivity contribution is -0.163. The largest absolute Gasteiger partial charge is 0.458 e. The molecule has 1 heterocycles. The highest BCUT2D eigenvalue weighted by molar-refractivity contribution is 5.97. The van der Waals surface area contributed by atoms with E-state index < -0.39 is 185 Å². The van der Waals surface area contributed by atoms with Crippen LogP contribution >= 0.6 is 0 Å². The van der Waals surface area contributed by atoms with Crippen molar-refractivity contribution in [1.29, 1.82) is 0 Å². The summed E-state index contributed by atoms with van der Waals surface area (Å²) >= 11 is 0. The summed E-state index contributed by atoms with van der Waals surface area (Å²) in [5.74, 6) is -12.5. The second kappa shape index (κ2) is 43.2. The number of methoxy groups -OCH3 is 1. The fourth-order valence-electron chi connectivity index (χ4n) is 11.6. The SMILES string of the molecule is CCC(C)C1NC(=O)CCNC(=O)C(C(C)CC)N(C)C(=O)C(CC(C)C)NC(=O)CCNC(=O)C(NC(=O)C(CC(C)C)N(C)C(=O)C(NC(=O)COC)C(C)C)C(C)OC(=O)C(C(C)CC)N(C)C(=O)C(CC(C)C)NC(=O)CCNC(=O)C(C)NC(=O)C(C(C)C)N(C)C1=O. The molecular formula is C69H123N13O16. The van der Waals surface area contributed by atoms with Gasteiger partial charge in [-0.3, -0.25) is 62.3 Å². The van der Waals surface area contributed by atoms with Gasteiger partial charge in [-0.2, -0.15) is 0 Å². The lowest BCUT2D eigenvalue weighted by Gasteiger charge is -2.36. The van der Waals surface area contributed by atoms with Crippen LogP contribution < -0.4 is 47.9 Å². The van der Waals surface area contributed by atoms with E-state index in [-0.39, 0.29) is 76.1 Å². The van der Waals surface area contributed by atoms with E-state index in [1.807, 2.05) is 55.4 Å². The molecular weight excluding hydrogens is 1270 g/mol. The van der Waals surface area contributed by atoms with E-state index in [0.717, 1.165) is 4.90 Å². The lowest BCUT2D eigenvalue weighted by Crippen LogP contribution is -2.61. The molecule has 9 N–H and O–H groups in total. The van der Waals surface area contributed by atoms with Gasteiger partial charge < -0.3 is 76.9 Å². The Morgan fingerprint density at radius 3 is 1.44 bits per heavy atom. The summed E-state index contributed by atoms with van der Waals surface area (Å²) < 4.78 is 11.1. The zero-order valence-electron chi connectivity index (χ0n) is 63.0. The van der Waals surface area contributed by atoms with E-state index in [4.69, 9.17) is 9.47 Å². The first kappa shape index (κ1) is 88.6. The maximum atomic E-state index is 14.8. The minimum atomic E-state index is -1.73. The van der Waals surface area contributed by atoms with Crippen molar-refractivity contribution >= 4 is 82.8 Å². The molecule has 0 spiro atoms. The Hall–Kier alpha value is -7.46. The highest BCUT2D eigenvalue weighted by Crippen LogP contribution is 2.23. The van der Waals surface area contributed by atoms with Crippen molar-refractivity contribution in [2.45, 2.75) is 249 Å². The predicted octanol–water partition coefficient (Wildman–Crippen LogP) is 1.92. The molecule has 0 aliphatic carbocycles. The Morgan fingerprint density at radius 1 is 0.561 bits per heavy atom. The number of rotatable bonds is 21. The average Bonchev–Trinajstić information content (AvgIpc) is 0.851. The Kier molecular flexibility index (Phi) is 39.0. The third-order valence-electron chi connectivity index (χ3n) is 17.9. The van der Waals surface area contributed by atoms with Crippen LogP contribution in [0.5, 0.6) is 0 Å². The molecule has 14 unspecified atom stereocenters. The monoisotopic (exact) mass is 1390 g/mol. The summed E-state index contributed by atoms with van der Waals surface area (Å²) in [6.07, 6.45) is -0.995. The van der Waals surface area contributed by atoms with Crippen molar-refractivity contribution in [3.05, 3.63) is 0 Å². The average molecular weight is 1390 g/mol. The molecule has 0 radical (unpaired) electrons. The van der Waals surface area contributed by atoms with Crippen molar-refractivity contribution in [2.75, 3.05) is 61.5 Å². The number of ether oxygens (including phenoxy) is 2. The molecule has 1 fully saturated rings. The number of hydrogen-bond acceptors (Lipinski definition) is 16. The van der Waals surface area contributed by atoms with Gasteiger partial charge in [0, 0.05) is 74.2 Å². The molecule has 0 bridgehead atoms. The molecule has 560 valence electrons. The first-order valence-corrected chi connectivity index (χ1v) is 35.0. The highest BCUT2D eigenvalue weighted by Gasteiger charge is 2.43. The van der Waals surface area contributed by atoms with Gasteiger partial charge >= 0.3 is 5.97 Å². The van der Waals surface area contributed by atoms with Gasteiger partial charge in [0.05, 0.1) is 0 Å². The minimum Gasteiger partial charge on any atom is -0.458 e. The maximum Gasteiger partial charge on any atom is 0.329 e. The molecule has 0 saturated carbocycles. The lowest BCUT2D eigenvalue weighted by atomic mass is 9.95. The third kappa shape index (κ3) is 28.0. The smallest absolute Gasteiger partial charge is 0.329 e. The standard InChI is InChI=1S/C69H123N13O16/c1-24-42(14)55-68(95)80(20)57(41(12)13)64(91)73-45(17)60(87)70-30-27-50(83)75-48(34-38(6)7)66(93)82(22)59(44(16)26-3)69(96)98-46(18)56(78-61(88)49(35-39(8)9)79(19)67(94)54(40(10)11)77-53(86)36-97-23)62(89)71-31-28-51(84)74-47(33-37(4)5)65(92)81(21)58(43(15)25-2)63(90)72-32-29-52(85)76-55/h37-49,54-59H,24-36H2,1-23H3,(H,70,87)(H,71,89)(H,72,90)(H,73,91)(H,74,84)(H,75,83)(H,76,85)(H,77,86)(H,78,88). The first-order valence-electron chi connectivity index (χ1n) is 35.0. The Labute approximate surface area is 582 Å². The van der Waals surface area contributed by atoms with E-state index in [1.165, 1.54) is 63.8 Å². The number of carbonyl (C=O) groups excluding carboxylic acids is 14. The molecule has 0 aromatic heterocycles. The summed E-state index contributed by atoms with van der Waals surface area (Å²) in [5.41, 5.74) is 0. The van der Waals surface area contributed by atoms with Crippen molar-refractivity contribution < 1.29 is 76.6 Å². The number of nitrogens with one attached hydrogen (secondary N) is 9. The van der Waals surface area contributed by atoms with Crippen LogP contribution in [0.25, 0.3) is 0 Å². The molecule has 1 saturated heterocycles. The van der Waals surface area contributed by atoms with E-state index in [9.17, 15) is 67.1 Å². The van der Waals surface area contributed by atoms with Crippen molar-refractivity contribution in [2.24, 2.45) is 47.3 Å². The van der Waals surface area contributed by atoms with E-state index >= 15 is 0 Å². The van der Waals surface area contributed by atoms with Gasteiger partial charge in [0.2, 0.25) is 76.8 Å².